The van der Waals surface area contributed by atoms with Crippen molar-refractivity contribution in [1.29, 1.82) is 0 Å². The Labute approximate surface area is 180 Å². The number of carbonyl (C=O) groups excluding carboxylic acids is 2. The Bertz CT molecular complexity index is 727. The van der Waals surface area contributed by atoms with Crippen LogP contribution in [0.4, 0.5) is 4.79 Å². The maximum absolute atomic E-state index is 12.9. The number of likely N-dealkylation sites (tertiary alicyclic amines) is 1. The van der Waals surface area contributed by atoms with E-state index in [1.807, 2.05) is 35.2 Å². The zero-order chi connectivity index (χ0) is 21.1. The Hall–Kier alpha value is -2.08. The fraction of sp³-hybridized carbons (Fsp3) is 0.667. The van der Waals surface area contributed by atoms with Gasteiger partial charge in [0.2, 0.25) is 5.91 Å². The highest BCUT2D eigenvalue weighted by atomic mass is 16.6. The summed E-state index contributed by atoms with van der Waals surface area (Å²) in [6, 6.07) is 10.3. The average Bonchev–Trinajstić information content (AvgIpc) is 2.76. The van der Waals surface area contributed by atoms with Crippen molar-refractivity contribution in [2.75, 3.05) is 39.3 Å². The molecule has 1 aromatic rings. The summed E-state index contributed by atoms with van der Waals surface area (Å²) >= 11 is 0. The first-order valence-electron chi connectivity index (χ1n) is 11.4. The highest BCUT2D eigenvalue weighted by molar-refractivity contribution is 5.80. The number of hydrogen-bond donors (Lipinski definition) is 0. The van der Waals surface area contributed by atoms with Crippen LogP contribution in [-0.4, -0.2) is 72.0 Å². The van der Waals surface area contributed by atoms with Crippen molar-refractivity contribution < 1.29 is 14.3 Å². The molecule has 0 aromatic heterocycles. The lowest BCUT2D eigenvalue weighted by molar-refractivity contribution is -0.147. The van der Waals surface area contributed by atoms with Crippen LogP contribution in [0.15, 0.2) is 30.3 Å². The summed E-state index contributed by atoms with van der Waals surface area (Å²) < 4.78 is 5.47. The monoisotopic (exact) mass is 413 g/mol. The third kappa shape index (κ3) is 4.64. The van der Waals surface area contributed by atoms with E-state index in [0.717, 1.165) is 70.5 Å². The van der Waals surface area contributed by atoms with Crippen molar-refractivity contribution in [2.45, 2.75) is 52.2 Å². The number of nitrogens with zero attached hydrogens (tertiary/aromatic N) is 3. The summed E-state index contributed by atoms with van der Waals surface area (Å²) in [5.41, 5.74) is 1.27. The smallest absolute Gasteiger partial charge is 0.410 e. The Morgan fingerprint density at radius 2 is 1.60 bits per heavy atom. The first-order valence-corrected chi connectivity index (χ1v) is 11.4. The van der Waals surface area contributed by atoms with E-state index in [1.165, 1.54) is 0 Å². The molecule has 0 bridgehead atoms. The molecule has 6 heteroatoms. The van der Waals surface area contributed by atoms with Crippen LogP contribution in [0, 0.1) is 11.3 Å². The van der Waals surface area contributed by atoms with Gasteiger partial charge in [0, 0.05) is 51.2 Å². The number of carbonyl (C=O) groups is 2. The fourth-order valence-electron chi connectivity index (χ4n) is 5.26. The van der Waals surface area contributed by atoms with E-state index in [0.29, 0.717) is 18.6 Å². The van der Waals surface area contributed by atoms with Crippen molar-refractivity contribution in [3.63, 3.8) is 0 Å². The van der Waals surface area contributed by atoms with Crippen LogP contribution in [0.5, 0.6) is 0 Å². The lowest BCUT2D eigenvalue weighted by Gasteiger charge is -2.52. The van der Waals surface area contributed by atoms with Gasteiger partial charge in [-0.1, -0.05) is 30.3 Å². The Morgan fingerprint density at radius 3 is 2.20 bits per heavy atom. The summed E-state index contributed by atoms with van der Waals surface area (Å²) in [5.74, 6) is 0.543. The minimum Gasteiger partial charge on any atom is -0.445 e. The maximum Gasteiger partial charge on any atom is 0.410 e. The van der Waals surface area contributed by atoms with Crippen LogP contribution in [0.25, 0.3) is 0 Å². The van der Waals surface area contributed by atoms with Gasteiger partial charge >= 0.3 is 6.09 Å². The van der Waals surface area contributed by atoms with E-state index in [9.17, 15) is 9.59 Å². The zero-order valence-electron chi connectivity index (χ0n) is 18.4. The Balaban J connectivity index is 1.18. The van der Waals surface area contributed by atoms with Crippen LogP contribution in [0.2, 0.25) is 0 Å². The predicted molar refractivity (Wildman–Crippen MR) is 116 cm³/mol. The lowest BCUT2D eigenvalue weighted by atomic mass is 9.57. The predicted octanol–water partition coefficient (Wildman–Crippen LogP) is 3.37. The molecule has 3 fully saturated rings. The molecular weight excluding hydrogens is 378 g/mol. The van der Waals surface area contributed by atoms with E-state index in [2.05, 4.69) is 23.6 Å². The van der Waals surface area contributed by atoms with Gasteiger partial charge in [0.1, 0.15) is 6.61 Å². The molecule has 0 radical (unpaired) electrons. The number of benzene rings is 1. The second-order valence-electron chi connectivity index (χ2n) is 9.59. The van der Waals surface area contributed by atoms with Crippen molar-refractivity contribution in [2.24, 2.45) is 11.3 Å². The van der Waals surface area contributed by atoms with Crippen LogP contribution in [-0.2, 0) is 16.1 Å². The molecule has 4 rings (SSSR count). The number of rotatable bonds is 4. The van der Waals surface area contributed by atoms with Gasteiger partial charge in [-0.25, -0.2) is 4.79 Å². The summed E-state index contributed by atoms with van der Waals surface area (Å²) in [4.78, 5) is 31.6. The molecule has 0 unspecified atom stereocenters. The first kappa shape index (κ1) is 21.2. The molecule has 30 heavy (non-hydrogen) atoms. The van der Waals surface area contributed by atoms with Gasteiger partial charge in [0.25, 0.3) is 0 Å². The first-order chi connectivity index (χ1) is 14.5. The minimum absolute atomic E-state index is 0.187. The van der Waals surface area contributed by atoms with E-state index in [4.69, 9.17) is 4.74 Å². The molecule has 3 aliphatic rings. The summed E-state index contributed by atoms with van der Waals surface area (Å²) in [6.07, 6.45) is 3.73. The van der Waals surface area contributed by atoms with Crippen LogP contribution < -0.4 is 0 Å². The second-order valence-corrected chi connectivity index (χ2v) is 9.59. The van der Waals surface area contributed by atoms with E-state index < -0.39 is 0 Å². The average molecular weight is 414 g/mol. The zero-order valence-corrected chi connectivity index (χ0v) is 18.4. The maximum atomic E-state index is 12.9. The van der Waals surface area contributed by atoms with Gasteiger partial charge < -0.3 is 14.5 Å². The van der Waals surface area contributed by atoms with Crippen LogP contribution >= 0.6 is 0 Å². The molecule has 1 saturated carbocycles. The molecule has 0 atom stereocenters. The molecule has 1 aliphatic carbocycles. The third-order valence-electron chi connectivity index (χ3n) is 7.35. The Kier molecular flexibility index (Phi) is 6.32. The molecule has 6 nitrogen and oxygen atoms in total. The second kappa shape index (κ2) is 8.96. The molecule has 1 spiro atoms. The van der Waals surface area contributed by atoms with Gasteiger partial charge in [-0.05, 0) is 50.5 Å². The van der Waals surface area contributed by atoms with Crippen LogP contribution in [0.3, 0.4) is 0 Å². The topological polar surface area (TPSA) is 53.1 Å². The quantitative estimate of drug-likeness (QED) is 0.760. The minimum atomic E-state index is -0.219. The van der Waals surface area contributed by atoms with Gasteiger partial charge in [-0.3, -0.25) is 9.69 Å². The van der Waals surface area contributed by atoms with Gasteiger partial charge in [0.05, 0.1) is 0 Å². The highest BCUT2D eigenvalue weighted by Gasteiger charge is 2.50. The molecule has 2 aliphatic heterocycles. The number of amides is 2. The molecule has 2 heterocycles. The summed E-state index contributed by atoms with van der Waals surface area (Å²) in [7, 11) is 0. The molecule has 0 N–H and O–H groups in total. The van der Waals surface area contributed by atoms with Crippen molar-refractivity contribution >= 4 is 12.0 Å². The van der Waals surface area contributed by atoms with Crippen molar-refractivity contribution in [3.8, 4) is 0 Å². The van der Waals surface area contributed by atoms with E-state index in [-0.39, 0.29) is 17.4 Å². The molecule has 1 aromatic carbocycles. The molecule has 164 valence electrons. The third-order valence-corrected chi connectivity index (χ3v) is 7.35. The number of ether oxygens (including phenoxy) is 1. The summed E-state index contributed by atoms with van der Waals surface area (Å²) in [6.45, 7) is 9.94. The van der Waals surface area contributed by atoms with Gasteiger partial charge in [-0.15, -0.1) is 0 Å². The van der Waals surface area contributed by atoms with Gasteiger partial charge in [-0.2, -0.15) is 0 Å². The van der Waals surface area contributed by atoms with Crippen molar-refractivity contribution in [1.82, 2.24) is 14.7 Å². The van der Waals surface area contributed by atoms with E-state index in [1.54, 1.807) is 0 Å². The normalized spacial score (nSPS) is 22.2. The largest absolute Gasteiger partial charge is 0.445 e. The SMILES string of the molecule is CC(C)N1CCN(C(=O)C2CC3(CCN(C(=O)OCc4ccccc4)CC3)C2)CC1. The van der Waals surface area contributed by atoms with E-state index >= 15 is 0 Å². The highest BCUT2D eigenvalue weighted by Crippen LogP contribution is 2.53. The summed E-state index contributed by atoms with van der Waals surface area (Å²) in [5, 5.41) is 0. The number of hydrogen-bond acceptors (Lipinski definition) is 4. The van der Waals surface area contributed by atoms with Gasteiger partial charge in [0.15, 0.2) is 0 Å². The Morgan fingerprint density at radius 1 is 0.967 bits per heavy atom. The van der Waals surface area contributed by atoms with Crippen molar-refractivity contribution in [3.05, 3.63) is 35.9 Å². The lowest BCUT2D eigenvalue weighted by Crippen LogP contribution is -2.56. The number of piperidine rings is 1. The standard InChI is InChI=1S/C24H35N3O3/c1-19(2)25-12-14-26(15-13-25)22(28)21-16-24(17-21)8-10-27(11-9-24)23(29)30-18-20-6-4-3-5-7-20/h3-7,19,21H,8-18H2,1-2H3. The fourth-order valence-corrected chi connectivity index (χ4v) is 5.26. The molecule has 2 amide bonds. The molecular formula is C24H35N3O3. The molecule has 2 saturated heterocycles. The van der Waals surface area contributed by atoms with Crippen LogP contribution in [0.1, 0.15) is 45.1 Å². The number of piperazine rings is 1.